The van der Waals surface area contributed by atoms with Crippen LogP contribution in [0.3, 0.4) is 0 Å². The van der Waals surface area contributed by atoms with Crippen LogP contribution in [0.1, 0.15) is 49.3 Å². The molecule has 0 saturated carbocycles. The summed E-state index contributed by atoms with van der Waals surface area (Å²) in [5, 5.41) is 9.84. The molecule has 7 nitrogen and oxygen atoms in total. The Morgan fingerprint density at radius 2 is 1.89 bits per heavy atom. The Hall–Kier alpha value is -3.42. The second kappa shape index (κ2) is 14.1. The molecule has 3 rings (SSSR count). The number of H-pyrrole nitrogens is 1. The molecule has 7 heteroatoms. The molecular formula is C28H35N3O4. The monoisotopic (exact) mass is 477 g/mol. The minimum absolute atomic E-state index is 0.127. The molecule has 2 aromatic carbocycles. The molecule has 0 aliphatic heterocycles. The van der Waals surface area contributed by atoms with E-state index in [9.17, 15) is 9.59 Å². The molecule has 3 aromatic rings. The topological polar surface area (TPSA) is 94.7 Å². The van der Waals surface area contributed by atoms with Gasteiger partial charge in [0.1, 0.15) is 6.61 Å². The predicted octanol–water partition coefficient (Wildman–Crippen LogP) is 4.85. The Balaban J connectivity index is 1.60. The largest absolute Gasteiger partial charge is 0.464 e. The van der Waals surface area contributed by atoms with Gasteiger partial charge in [0.15, 0.2) is 0 Å². The zero-order valence-electron chi connectivity index (χ0n) is 20.3. The molecule has 0 saturated heterocycles. The van der Waals surface area contributed by atoms with Crippen LogP contribution in [0.15, 0.2) is 60.8 Å². The van der Waals surface area contributed by atoms with Crippen LogP contribution in [0.2, 0.25) is 0 Å². The molecule has 186 valence electrons. The molecule has 0 atom stereocenters. The van der Waals surface area contributed by atoms with Crippen molar-refractivity contribution in [3.05, 3.63) is 77.5 Å². The van der Waals surface area contributed by atoms with Crippen LogP contribution in [-0.4, -0.2) is 46.7 Å². The van der Waals surface area contributed by atoms with Gasteiger partial charge in [0.05, 0.1) is 0 Å². The molecule has 1 heterocycles. The van der Waals surface area contributed by atoms with Gasteiger partial charge in [0.2, 0.25) is 0 Å². The summed E-state index contributed by atoms with van der Waals surface area (Å²) in [5.74, 6) is -0.695. The van der Waals surface area contributed by atoms with E-state index in [1.165, 1.54) is 17.0 Å². The van der Waals surface area contributed by atoms with Crippen molar-refractivity contribution in [3.8, 4) is 0 Å². The lowest BCUT2D eigenvalue weighted by Gasteiger charge is -2.22. The molecule has 0 unspecified atom stereocenters. The highest BCUT2D eigenvalue weighted by molar-refractivity contribution is 5.90. The molecule has 1 amide bonds. The van der Waals surface area contributed by atoms with Gasteiger partial charge in [0, 0.05) is 49.2 Å². The average Bonchev–Trinajstić information content (AvgIpc) is 3.29. The zero-order valence-corrected chi connectivity index (χ0v) is 20.3. The number of aromatic amines is 1. The number of rotatable bonds is 14. The third-order valence-electron chi connectivity index (χ3n) is 5.95. The number of carbonyl (C=O) groups is 2. The average molecular weight is 478 g/mol. The second-order valence-electron chi connectivity index (χ2n) is 8.61. The van der Waals surface area contributed by atoms with Crippen LogP contribution in [0, 0.1) is 0 Å². The van der Waals surface area contributed by atoms with Crippen molar-refractivity contribution in [3.63, 3.8) is 0 Å². The number of amides is 1. The molecule has 0 aliphatic carbocycles. The third kappa shape index (κ3) is 8.70. The number of para-hydroxylation sites is 1. The Kier molecular flexibility index (Phi) is 10.5. The van der Waals surface area contributed by atoms with E-state index in [-0.39, 0.29) is 5.97 Å². The number of carbonyl (C=O) groups excluding carboxylic acids is 2. The summed E-state index contributed by atoms with van der Waals surface area (Å²) in [6.45, 7) is 4.69. The van der Waals surface area contributed by atoms with Gasteiger partial charge in [0.25, 0.3) is 5.91 Å². The first-order valence-corrected chi connectivity index (χ1v) is 12.2. The smallest absolute Gasteiger partial charge is 0.305 e. The van der Waals surface area contributed by atoms with Crippen molar-refractivity contribution in [2.24, 2.45) is 0 Å². The SMILES string of the molecule is CCCCCC(=O)OCCN(CCc1c[nH]c2ccccc12)Cc1ccc(C=CC(=O)NO)cc1. The van der Waals surface area contributed by atoms with Gasteiger partial charge in [-0.25, -0.2) is 5.48 Å². The second-order valence-corrected chi connectivity index (χ2v) is 8.61. The van der Waals surface area contributed by atoms with E-state index in [1.807, 2.05) is 30.3 Å². The van der Waals surface area contributed by atoms with Crippen LogP contribution in [0.4, 0.5) is 0 Å². The fourth-order valence-electron chi connectivity index (χ4n) is 3.97. The van der Waals surface area contributed by atoms with Crippen LogP contribution in [0.5, 0.6) is 0 Å². The van der Waals surface area contributed by atoms with Crippen LogP contribution < -0.4 is 5.48 Å². The van der Waals surface area contributed by atoms with Gasteiger partial charge in [-0.15, -0.1) is 0 Å². The van der Waals surface area contributed by atoms with Gasteiger partial charge in [-0.05, 0) is 41.7 Å². The van der Waals surface area contributed by atoms with E-state index < -0.39 is 5.91 Å². The highest BCUT2D eigenvalue weighted by Crippen LogP contribution is 2.19. The first kappa shape index (κ1) is 26.2. The highest BCUT2D eigenvalue weighted by atomic mass is 16.5. The molecule has 0 fully saturated rings. The number of unbranched alkanes of at least 4 members (excludes halogenated alkanes) is 2. The van der Waals surface area contributed by atoms with Gasteiger partial charge >= 0.3 is 5.97 Å². The standard InChI is InChI=1S/C28H35N3O4/c1-2-3-4-9-28(33)35-19-18-31(17-16-24-20-29-26-8-6-5-7-25(24)26)21-23-12-10-22(11-13-23)14-15-27(32)30-34/h5-8,10-15,20,29,34H,2-4,9,16-19,21H2,1H3,(H,30,32). The summed E-state index contributed by atoms with van der Waals surface area (Å²) in [6, 6.07) is 16.2. The lowest BCUT2D eigenvalue weighted by atomic mass is 10.1. The molecule has 0 radical (unpaired) electrons. The fraction of sp³-hybridized carbons (Fsp3) is 0.357. The number of hydrogen-bond donors (Lipinski definition) is 3. The van der Waals surface area contributed by atoms with Crippen molar-refractivity contribution >= 4 is 28.9 Å². The molecular weight excluding hydrogens is 442 g/mol. The first-order chi connectivity index (χ1) is 17.1. The number of hydrogen-bond acceptors (Lipinski definition) is 5. The van der Waals surface area contributed by atoms with Crippen LogP contribution in [0.25, 0.3) is 17.0 Å². The van der Waals surface area contributed by atoms with Crippen LogP contribution in [-0.2, 0) is 27.3 Å². The zero-order chi connectivity index (χ0) is 24.9. The van der Waals surface area contributed by atoms with Gasteiger partial charge < -0.3 is 9.72 Å². The van der Waals surface area contributed by atoms with Crippen molar-refractivity contribution in [1.82, 2.24) is 15.4 Å². The molecule has 35 heavy (non-hydrogen) atoms. The number of esters is 1. The van der Waals surface area contributed by atoms with Crippen molar-refractivity contribution in [1.29, 1.82) is 0 Å². The molecule has 0 spiro atoms. The van der Waals surface area contributed by atoms with Crippen molar-refractivity contribution in [2.45, 2.75) is 45.6 Å². The molecule has 3 N–H and O–H groups in total. The quantitative estimate of drug-likeness (QED) is 0.101. The lowest BCUT2D eigenvalue weighted by Crippen LogP contribution is -2.30. The van der Waals surface area contributed by atoms with Crippen molar-refractivity contribution < 1.29 is 19.5 Å². The van der Waals surface area contributed by atoms with E-state index in [1.54, 1.807) is 11.6 Å². The van der Waals surface area contributed by atoms with Gasteiger partial charge in [-0.2, -0.15) is 0 Å². The van der Waals surface area contributed by atoms with E-state index >= 15 is 0 Å². The van der Waals surface area contributed by atoms with E-state index in [0.29, 0.717) is 19.6 Å². The normalized spacial score (nSPS) is 11.4. The summed E-state index contributed by atoms with van der Waals surface area (Å²) >= 11 is 0. The minimum atomic E-state index is -0.568. The Bertz CT molecular complexity index is 1100. The number of aromatic nitrogens is 1. The summed E-state index contributed by atoms with van der Waals surface area (Å²) in [7, 11) is 0. The van der Waals surface area contributed by atoms with E-state index in [4.69, 9.17) is 9.94 Å². The number of ether oxygens (including phenoxy) is 1. The first-order valence-electron chi connectivity index (χ1n) is 12.2. The maximum absolute atomic E-state index is 12.0. The number of hydroxylamine groups is 1. The number of nitrogens with one attached hydrogen (secondary N) is 2. The van der Waals surface area contributed by atoms with E-state index in [0.717, 1.165) is 55.4 Å². The molecule has 1 aromatic heterocycles. The summed E-state index contributed by atoms with van der Waals surface area (Å²) < 4.78 is 5.49. The third-order valence-corrected chi connectivity index (χ3v) is 5.95. The summed E-state index contributed by atoms with van der Waals surface area (Å²) in [4.78, 5) is 28.8. The highest BCUT2D eigenvalue weighted by Gasteiger charge is 2.11. The van der Waals surface area contributed by atoms with Gasteiger partial charge in [-0.1, -0.05) is 62.2 Å². The Labute approximate surface area is 206 Å². The number of fused-ring (bicyclic) bond motifs is 1. The summed E-state index contributed by atoms with van der Waals surface area (Å²) in [6.07, 6.45) is 9.35. The number of benzene rings is 2. The minimum Gasteiger partial charge on any atom is -0.464 e. The Morgan fingerprint density at radius 1 is 1.09 bits per heavy atom. The number of nitrogens with zero attached hydrogens (tertiary/aromatic N) is 1. The molecule has 0 bridgehead atoms. The predicted molar refractivity (Wildman–Crippen MR) is 138 cm³/mol. The van der Waals surface area contributed by atoms with Gasteiger partial charge in [-0.3, -0.25) is 19.7 Å². The Morgan fingerprint density at radius 3 is 2.66 bits per heavy atom. The fourth-order valence-corrected chi connectivity index (χ4v) is 3.97. The summed E-state index contributed by atoms with van der Waals surface area (Å²) in [5.41, 5.74) is 5.97. The lowest BCUT2D eigenvalue weighted by molar-refractivity contribution is -0.144. The molecule has 0 aliphatic rings. The van der Waals surface area contributed by atoms with E-state index in [2.05, 4.69) is 41.2 Å². The van der Waals surface area contributed by atoms with Crippen LogP contribution >= 0.6 is 0 Å². The van der Waals surface area contributed by atoms with Crippen molar-refractivity contribution in [2.75, 3.05) is 19.7 Å². The maximum atomic E-state index is 12.0. The maximum Gasteiger partial charge on any atom is 0.305 e.